The molecule has 0 unspecified atom stereocenters. The number of Topliss-reactive ketones (excluding diaryl/α,β-unsaturated/α-hetero) is 2. The average Bonchev–Trinajstić information content (AvgIpc) is 2.49. The summed E-state index contributed by atoms with van der Waals surface area (Å²) in [4.78, 5) is 32.0. The van der Waals surface area contributed by atoms with Crippen LogP contribution >= 0.6 is 0 Å². The summed E-state index contributed by atoms with van der Waals surface area (Å²) in [5, 5.41) is 0. The van der Waals surface area contributed by atoms with Gasteiger partial charge in [0.05, 0.1) is 18.6 Å². The summed E-state index contributed by atoms with van der Waals surface area (Å²) in [5.74, 6) is -0.283. The van der Waals surface area contributed by atoms with Crippen molar-refractivity contribution in [3.05, 3.63) is 54.0 Å². The number of ether oxygens (including phenoxy) is 1. The molecule has 0 saturated heterocycles. The summed E-state index contributed by atoms with van der Waals surface area (Å²) in [6.45, 7) is 2.22. The first-order valence-corrected chi connectivity index (χ1v) is 6.26. The molecule has 0 aliphatic rings. The molecule has 0 N–H and O–H groups in total. The van der Waals surface area contributed by atoms with Crippen molar-refractivity contribution in [1.82, 2.24) is 9.97 Å². The lowest BCUT2D eigenvalue weighted by atomic mass is 10.0. The average molecular weight is 270 g/mol. The van der Waals surface area contributed by atoms with Crippen LogP contribution in [0.5, 0.6) is 5.88 Å². The molecule has 2 aromatic heterocycles. The third kappa shape index (κ3) is 3.26. The molecule has 2 rings (SSSR count). The minimum absolute atomic E-state index is 0.213. The van der Waals surface area contributed by atoms with Gasteiger partial charge in [-0.3, -0.25) is 14.6 Å². The van der Waals surface area contributed by atoms with E-state index in [0.717, 1.165) is 0 Å². The highest BCUT2D eigenvalue weighted by atomic mass is 16.5. The second-order valence-electron chi connectivity index (χ2n) is 4.05. The fourth-order valence-electron chi connectivity index (χ4n) is 1.74. The van der Waals surface area contributed by atoms with E-state index in [0.29, 0.717) is 17.7 Å². The molecule has 0 bridgehead atoms. The number of carbonyl (C=O) groups excluding carboxylic acids is 2. The van der Waals surface area contributed by atoms with Gasteiger partial charge in [0, 0.05) is 24.2 Å². The first-order chi connectivity index (χ1) is 9.72. The number of hydrogen-bond donors (Lipinski definition) is 0. The smallest absolute Gasteiger partial charge is 0.224 e. The van der Waals surface area contributed by atoms with Crippen LogP contribution in [0.15, 0.2) is 42.9 Å². The Balaban J connectivity index is 2.15. The third-order valence-electron chi connectivity index (χ3n) is 2.68. The van der Waals surface area contributed by atoms with Gasteiger partial charge in [0.2, 0.25) is 5.88 Å². The van der Waals surface area contributed by atoms with E-state index >= 15 is 0 Å². The largest absolute Gasteiger partial charge is 0.477 e. The number of rotatable bonds is 6. The highest BCUT2D eigenvalue weighted by Gasteiger charge is 2.17. The molecule has 0 aliphatic heterocycles. The van der Waals surface area contributed by atoms with E-state index in [1.165, 1.54) is 12.4 Å². The van der Waals surface area contributed by atoms with Crippen LogP contribution < -0.4 is 4.74 Å². The molecule has 0 radical (unpaired) electrons. The van der Waals surface area contributed by atoms with Gasteiger partial charge < -0.3 is 4.74 Å². The van der Waals surface area contributed by atoms with Gasteiger partial charge in [-0.25, -0.2) is 4.98 Å². The lowest BCUT2D eigenvalue weighted by Crippen LogP contribution is -2.11. The van der Waals surface area contributed by atoms with Crippen LogP contribution in [-0.2, 0) is 0 Å². The molecule has 2 heterocycles. The number of aromatic nitrogens is 2. The molecular formula is C15H14N2O3. The molecule has 5 heteroatoms. The predicted octanol–water partition coefficient (Wildman–Crippen LogP) is 2.33. The second kappa shape index (κ2) is 6.56. The summed E-state index contributed by atoms with van der Waals surface area (Å²) in [6, 6.07) is 6.43. The fourth-order valence-corrected chi connectivity index (χ4v) is 1.74. The summed E-state index contributed by atoms with van der Waals surface area (Å²) in [7, 11) is 0. The zero-order valence-corrected chi connectivity index (χ0v) is 11.1. The van der Waals surface area contributed by atoms with Crippen LogP contribution in [0.2, 0.25) is 0 Å². The molecule has 2 aromatic rings. The van der Waals surface area contributed by atoms with Crippen molar-refractivity contribution in [2.24, 2.45) is 0 Å². The molecule has 20 heavy (non-hydrogen) atoms. The maximum atomic E-state index is 12.2. The lowest BCUT2D eigenvalue weighted by Gasteiger charge is -2.07. The lowest BCUT2D eigenvalue weighted by molar-refractivity contribution is 0.0892. The van der Waals surface area contributed by atoms with Crippen LogP contribution in [0.25, 0.3) is 0 Å². The minimum Gasteiger partial charge on any atom is -0.477 e. The molecule has 0 fully saturated rings. The van der Waals surface area contributed by atoms with Crippen molar-refractivity contribution in [2.75, 3.05) is 6.61 Å². The van der Waals surface area contributed by atoms with Crippen LogP contribution in [0.3, 0.4) is 0 Å². The van der Waals surface area contributed by atoms with E-state index in [4.69, 9.17) is 4.74 Å². The van der Waals surface area contributed by atoms with E-state index in [-0.39, 0.29) is 23.9 Å². The third-order valence-corrected chi connectivity index (χ3v) is 2.68. The van der Waals surface area contributed by atoms with E-state index in [1.807, 2.05) is 6.92 Å². The van der Waals surface area contributed by atoms with Gasteiger partial charge in [0.25, 0.3) is 0 Å². The SMILES string of the molecule is CCOc1ncccc1C(=O)CC(=O)c1ccncc1. The first kappa shape index (κ1) is 13.9. The Labute approximate surface area is 116 Å². The highest BCUT2D eigenvalue weighted by molar-refractivity contribution is 6.14. The van der Waals surface area contributed by atoms with E-state index in [1.54, 1.807) is 30.5 Å². The Morgan fingerprint density at radius 1 is 1.10 bits per heavy atom. The Kier molecular flexibility index (Phi) is 4.55. The molecule has 102 valence electrons. The predicted molar refractivity (Wildman–Crippen MR) is 72.9 cm³/mol. The highest BCUT2D eigenvalue weighted by Crippen LogP contribution is 2.17. The normalized spacial score (nSPS) is 10.1. The molecule has 5 nitrogen and oxygen atoms in total. The summed E-state index contributed by atoms with van der Waals surface area (Å²) >= 11 is 0. The standard InChI is InChI=1S/C15H14N2O3/c1-2-20-15-12(4-3-7-17-15)14(19)10-13(18)11-5-8-16-9-6-11/h3-9H,2,10H2,1H3. The van der Waals surface area contributed by atoms with Crippen molar-refractivity contribution >= 4 is 11.6 Å². The monoisotopic (exact) mass is 270 g/mol. The van der Waals surface area contributed by atoms with Crippen molar-refractivity contribution in [2.45, 2.75) is 13.3 Å². The summed E-state index contributed by atoms with van der Waals surface area (Å²) in [6.07, 6.45) is 4.38. The summed E-state index contributed by atoms with van der Waals surface area (Å²) < 4.78 is 5.29. The van der Waals surface area contributed by atoms with Crippen LogP contribution in [0.1, 0.15) is 34.1 Å². The zero-order valence-electron chi connectivity index (χ0n) is 11.1. The van der Waals surface area contributed by atoms with Gasteiger partial charge in [0.15, 0.2) is 11.6 Å². The molecule has 0 saturated carbocycles. The Hall–Kier alpha value is -2.56. The Morgan fingerprint density at radius 2 is 1.85 bits per heavy atom. The molecule has 0 atom stereocenters. The van der Waals surface area contributed by atoms with Gasteiger partial charge >= 0.3 is 0 Å². The van der Waals surface area contributed by atoms with Crippen LogP contribution in [0, 0.1) is 0 Å². The Bertz CT molecular complexity index is 612. The topological polar surface area (TPSA) is 69.2 Å². The quantitative estimate of drug-likeness (QED) is 0.595. The minimum atomic E-state index is -0.302. The number of pyridine rings is 2. The molecule has 0 amide bonds. The van der Waals surface area contributed by atoms with Crippen molar-refractivity contribution in [3.8, 4) is 5.88 Å². The van der Waals surface area contributed by atoms with E-state index in [2.05, 4.69) is 9.97 Å². The maximum absolute atomic E-state index is 12.2. The van der Waals surface area contributed by atoms with Gasteiger partial charge in [-0.1, -0.05) is 0 Å². The van der Waals surface area contributed by atoms with Crippen LogP contribution in [0.4, 0.5) is 0 Å². The number of nitrogens with zero attached hydrogens (tertiary/aromatic N) is 2. The number of carbonyl (C=O) groups is 2. The van der Waals surface area contributed by atoms with Gasteiger partial charge in [-0.15, -0.1) is 0 Å². The van der Waals surface area contributed by atoms with Crippen molar-refractivity contribution in [1.29, 1.82) is 0 Å². The zero-order chi connectivity index (χ0) is 14.4. The van der Waals surface area contributed by atoms with Gasteiger partial charge in [-0.05, 0) is 31.2 Å². The van der Waals surface area contributed by atoms with Gasteiger partial charge in [0.1, 0.15) is 0 Å². The maximum Gasteiger partial charge on any atom is 0.224 e. The second-order valence-corrected chi connectivity index (χ2v) is 4.05. The van der Waals surface area contributed by atoms with E-state index < -0.39 is 0 Å². The van der Waals surface area contributed by atoms with Crippen molar-refractivity contribution in [3.63, 3.8) is 0 Å². The molecule has 0 aliphatic carbocycles. The fraction of sp³-hybridized carbons (Fsp3) is 0.200. The van der Waals surface area contributed by atoms with Crippen molar-refractivity contribution < 1.29 is 14.3 Å². The summed E-state index contributed by atoms with van der Waals surface area (Å²) in [5.41, 5.74) is 0.798. The van der Waals surface area contributed by atoms with Crippen LogP contribution in [-0.4, -0.2) is 28.1 Å². The van der Waals surface area contributed by atoms with E-state index in [9.17, 15) is 9.59 Å². The Morgan fingerprint density at radius 3 is 2.55 bits per heavy atom. The molecular weight excluding hydrogens is 256 g/mol. The first-order valence-electron chi connectivity index (χ1n) is 6.26. The molecule has 0 spiro atoms. The van der Waals surface area contributed by atoms with Gasteiger partial charge in [-0.2, -0.15) is 0 Å². The number of hydrogen-bond acceptors (Lipinski definition) is 5. The number of ketones is 2. The molecule has 0 aromatic carbocycles.